The highest BCUT2D eigenvalue weighted by atomic mass is 16.2. The van der Waals surface area contributed by atoms with Crippen molar-refractivity contribution in [3.8, 4) is 0 Å². The Labute approximate surface area is 176 Å². The molecule has 0 aliphatic carbocycles. The monoisotopic (exact) mass is 407 g/mol. The van der Waals surface area contributed by atoms with Gasteiger partial charge in [-0.1, -0.05) is 56.3 Å². The molecule has 0 fully saturated rings. The van der Waals surface area contributed by atoms with Crippen molar-refractivity contribution in [2.24, 2.45) is 5.92 Å². The zero-order valence-electron chi connectivity index (χ0n) is 17.9. The van der Waals surface area contributed by atoms with Crippen LogP contribution in [0.15, 0.2) is 64.2 Å². The lowest BCUT2D eigenvalue weighted by molar-refractivity contribution is -0.132. The van der Waals surface area contributed by atoms with E-state index in [4.69, 9.17) is 0 Å². The molecule has 6 heteroatoms. The van der Waals surface area contributed by atoms with Gasteiger partial charge in [0.15, 0.2) is 0 Å². The van der Waals surface area contributed by atoms with Crippen LogP contribution in [0.3, 0.4) is 0 Å². The number of rotatable bonds is 8. The number of para-hydroxylation sites is 1. The Bertz CT molecular complexity index is 1130. The Morgan fingerprint density at radius 1 is 0.967 bits per heavy atom. The highest BCUT2D eigenvalue weighted by Crippen LogP contribution is 2.10. The maximum atomic E-state index is 13.2. The van der Waals surface area contributed by atoms with E-state index in [1.807, 2.05) is 37.3 Å². The van der Waals surface area contributed by atoms with E-state index in [0.717, 1.165) is 12.0 Å². The summed E-state index contributed by atoms with van der Waals surface area (Å²) in [5, 5.41) is 0.458. The number of carbonyl (C=O) groups is 1. The van der Waals surface area contributed by atoms with Gasteiger partial charge in [-0.05, 0) is 37.0 Å². The fourth-order valence-electron chi connectivity index (χ4n) is 3.52. The van der Waals surface area contributed by atoms with Gasteiger partial charge in [-0.15, -0.1) is 0 Å². The minimum Gasteiger partial charge on any atom is -0.337 e. The van der Waals surface area contributed by atoms with Gasteiger partial charge in [-0.3, -0.25) is 18.7 Å². The number of hydrogen-bond donors (Lipinski definition) is 0. The second-order valence-corrected chi connectivity index (χ2v) is 7.92. The zero-order valence-corrected chi connectivity index (χ0v) is 17.9. The van der Waals surface area contributed by atoms with E-state index >= 15 is 0 Å². The molecule has 0 atom stereocenters. The van der Waals surface area contributed by atoms with Gasteiger partial charge in [0.2, 0.25) is 5.91 Å². The summed E-state index contributed by atoms with van der Waals surface area (Å²) in [6.45, 7) is 7.29. The number of fused-ring (bicyclic) bond motifs is 1. The molecule has 6 nitrogen and oxygen atoms in total. The van der Waals surface area contributed by atoms with Crippen LogP contribution < -0.4 is 11.2 Å². The molecule has 0 spiro atoms. The Kier molecular flexibility index (Phi) is 6.87. The molecule has 3 rings (SSSR count). The minimum atomic E-state index is -0.427. The van der Waals surface area contributed by atoms with Gasteiger partial charge in [-0.2, -0.15) is 0 Å². The molecule has 0 aliphatic heterocycles. The predicted octanol–water partition coefficient (Wildman–Crippen LogP) is 3.26. The van der Waals surface area contributed by atoms with Crippen LogP contribution in [0.5, 0.6) is 0 Å². The maximum absolute atomic E-state index is 13.2. The molecule has 0 saturated carbocycles. The number of aromatic nitrogens is 2. The highest BCUT2D eigenvalue weighted by Gasteiger charge is 2.18. The topological polar surface area (TPSA) is 64.3 Å². The summed E-state index contributed by atoms with van der Waals surface area (Å²) in [4.78, 5) is 40.9. The van der Waals surface area contributed by atoms with Crippen LogP contribution in [0.1, 0.15) is 32.8 Å². The molecule has 0 unspecified atom stereocenters. The first-order valence-electron chi connectivity index (χ1n) is 10.5. The molecule has 1 heterocycles. The van der Waals surface area contributed by atoms with E-state index in [1.165, 1.54) is 9.13 Å². The van der Waals surface area contributed by atoms with E-state index in [2.05, 4.69) is 13.8 Å². The largest absolute Gasteiger partial charge is 0.337 e. The maximum Gasteiger partial charge on any atom is 0.331 e. The van der Waals surface area contributed by atoms with Gasteiger partial charge in [0.1, 0.15) is 6.54 Å². The molecule has 1 aromatic heterocycles. The lowest BCUT2D eigenvalue weighted by atomic mass is 10.1. The molecule has 0 aliphatic rings. The Hall–Kier alpha value is -3.15. The van der Waals surface area contributed by atoms with Gasteiger partial charge in [0.25, 0.3) is 5.56 Å². The van der Waals surface area contributed by atoms with E-state index in [9.17, 15) is 14.4 Å². The Morgan fingerprint density at radius 2 is 1.63 bits per heavy atom. The minimum absolute atomic E-state index is 0.0953. The third kappa shape index (κ3) is 4.70. The van der Waals surface area contributed by atoms with Crippen molar-refractivity contribution in [3.05, 3.63) is 81.0 Å². The summed E-state index contributed by atoms with van der Waals surface area (Å²) in [6.07, 6.45) is 0.719. The first-order chi connectivity index (χ1) is 14.4. The van der Waals surface area contributed by atoms with Crippen molar-refractivity contribution in [1.82, 2.24) is 14.0 Å². The number of benzene rings is 2. The fraction of sp³-hybridized carbons (Fsp3) is 0.375. The van der Waals surface area contributed by atoms with Gasteiger partial charge >= 0.3 is 5.69 Å². The van der Waals surface area contributed by atoms with Crippen molar-refractivity contribution in [3.63, 3.8) is 0 Å². The van der Waals surface area contributed by atoms with E-state index in [1.54, 1.807) is 29.2 Å². The zero-order chi connectivity index (χ0) is 21.7. The standard InChI is InChI=1S/C24H29N3O3/c1-4-25(16-19-10-6-5-7-11-19)22(28)17-27-21-13-9-8-12-20(21)23(29)26(24(27)30)15-14-18(2)3/h5-13,18H,4,14-17H2,1-3H3. The number of hydrogen-bond acceptors (Lipinski definition) is 3. The summed E-state index contributed by atoms with van der Waals surface area (Å²) in [7, 11) is 0. The van der Waals surface area contributed by atoms with E-state index in [0.29, 0.717) is 36.5 Å². The van der Waals surface area contributed by atoms with Crippen molar-refractivity contribution < 1.29 is 4.79 Å². The third-order valence-corrected chi connectivity index (χ3v) is 5.31. The smallest absolute Gasteiger partial charge is 0.331 e. The lowest BCUT2D eigenvalue weighted by Gasteiger charge is -2.22. The number of amides is 1. The lowest BCUT2D eigenvalue weighted by Crippen LogP contribution is -2.43. The summed E-state index contributed by atoms with van der Waals surface area (Å²) in [5.74, 6) is 0.210. The number of nitrogens with zero attached hydrogens (tertiary/aromatic N) is 3. The van der Waals surface area contributed by atoms with Crippen molar-refractivity contribution in [2.75, 3.05) is 6.54 Å². The summed E-state index contributed by atoms with van der Waals surface area (Å²) in [5.41, 5.74) is 0.810. The van der Waals surface area contributed by atoms with Crippen LogP contribution in [0.2, 0.25) is 0 Å². The normalized spacial score (nSPS) is 11.2. The Morgan fingerprint density at radius 3 is 2.30 bits per heavy atom. The molecular weight excluding hydrogens is 378 g/mol. The first kappa shape index (κ1) is 21.6. The third-order valence-electron chi connectivity index (χ3n) is 5.31. The van der Waals surface area contributed by atoms with Crippen LogP contribution in [-0.2, 0) is 24.4 Å². The predicted molar refractivity (Wildman–Crippen MR) is 119 cm³/mol. The summed E-state index contributed by atoms with van der Waals surface area (Å²) < 4.78 is 2.70. The molecule has 30 heavy (non-hydrogen) atoms. The van der Waals surface area contributed by atoms with E-state index in [-0.39, 0.29) is 18.0 Å². The van der Waals surface area contributed by atoms with Crippen molar-refractivity contribution >= 4 is 16.8 Å². The van der Waals surface area contributed by atoms with Crippen LogP contribution in [0.4, 0.5) is 0 Å². The highest BCUT2D eigenvalue weighted by molar-refractivity contribution is 5.81. The molecule has 0 bridgehead atoms. The average Bonchev–Trinajstić information content (AvgIpc) is 2.75. The fourth-order valence-corrected chi connectivity index (χ4v) is 3.52. The molecule has 3 aromatic rings. The Balaban J connectivity index is 1.98. The second-order valence-electron chi connectivity index (χ2n) is 7.92. The molecule has 0 saturated heterocycles. The number of carbonyl (C=O) groups excluding carboxylic acids is 1. The van der Waals surface area contributed by atoms with Gasteiger partial charge < -0.3 is 4.90 Å². The second kappa shape index (κ2) is 9.57. The quantitative estimate of drug-likeness (QED) is 0.576. The van der Waals surface area contributed by atoms with Crippen LogP contribution in [0, 0.1) is 5.92 Å². The molecule has 1 amide bonds. The van der Waals surface area contributed by atoms with Gasteiger partial charge in [0, 0.05) is 19.6 Å². The molecule has 2 aromatic carbocycles. The summed E-state index contributed by atoms with van der Waals surface area (Å²) >= 11 is 0. The molecular formula is C24H29N3O3. The molecule has 158 valence electrons. The van der Waals surface area contributed by atoms with Gasteiger partial charge in [0.05, 0.1) is 10.9 Å². The van der Waals surface area contributed by atoms with Crippen molar-refractivity contribution in [1.29, 1.82) is 0 Å². The van der Waals surface area contributed by atoms with Gasteiger partial charge in [-0.25, -0.2) is 4.79 Å². The van der Waals surface area contributed by atoms with Crippen LogP contribution in [-0.4, -0.2) is 26.5 Å². The SMILES string of the molecule is CCN(Cc1ccccc1)C(=O)Cn1c(=O)n(CCC(C)C)c(=O)c2ccccc21. The van der Waals surface area contributed by atoms with Crippen LogP contribution >= 0.6 is 0 Å². The van der Waals surface area contributed by atoms with Crippen LogP contribution in [0.25, 0.3) is 10.9 Å². The van der Waals surface area contributed by atoms with Crippen molar-refractivity contribution in [2.45, 2.75) is 46.8 Å². The summed E-state index contributed by atoms with van der Waals surface area (Å²) in [6, 6.07) is 16.8. The number of likely N-dealkylation sites (N-methyl/N-ethyl adjacent to an activating group) is 1. The molecule has 0 N–H and O–H groups in total. The van der Waals surface area contributed by atoms with E-state index < -0.39 is 5.69 Å². The average molecular weight is 408 g/mol. The molecule has 0 radical (unpaired) electrons. The first-order valence-corrected chi connectivity index (χ1v) is 10.5.